The Bertz CT molecular complexity index is 1130. The minimum absolute atomic E-state index is 0.297. The van der Waals surface area contributed by atoms with E-state index >= 15 is 4.39 Å². The Kier molecular flexibility index (Phi) is 8.64. The van der Waals surface area contributed by atoms with E-state index in [0.29, 0.717) is 33.9 Å². The molecule has 1 fully saturated rings. The number of benzene rings is 2. The molecule has 0 spiro atoms. The molecule has 6 nitrogen and oxygen atoms in total. The molecular weight excluding hydrogens is 507 g/mol. The smallest absolute Gasteiger partial charge is 0.195 e. The van der Waals surface area contributed by atoms with Gasteiger partial charge < -0.3 is 19.3 Å². The molecule has 2 aromatic carbocycles. The second kappa shape index (κ2) is 11.7. The molecule has 0 saturated carbocycles. The summed E-state index contributed by atoms with van der Waals surface area (Å²) in [6.07, 6.45) is 2.87. The molecule has 188 valence electrons. The number of hydrogen-bond acceptors (Lipinski definition) is 8. The van der Waals surface area contributed by atoms with Crippen LogP contribution in [0.1, 0.15) is 12.0 Å². The van der Waals surface area contributed by atoms with Gasteiger partial charge in [-0.05, 0) is 69.2 Å². The highest BCUT2D eigenvalue weighted by molar-refractivity contribution is 8.00. The number of halogens is 2. The standard InChI is InChI=1S/C25H30ClFN4O2S2/c1-29(2)9-7-17-14-30(15-17)22-13-21(27)24(12-20(22)26)35-31(25-28-8-10-34-25)16-18-5-6-19(32-3)11-23(18)33-4/h5-6,8,10-13,17H,7,9,14-16H2,1-4H3. The third-order valence-corrected chi connectivity index (χ3v) is 8.18. The quantitative estimate of drug-likeness (QED) is 0.276. The first-order chi connectivity index (χ1) is 16.9. The SMILES string of the molecule is COc1ccc(CN(Sc2cc(Cl)c(N3CC(CCN(C)C)C3)cc2F)c2nccs2)c(OC)c1. The molecule has 0 radical (unpaired) electrons. The van der Waals surface area contributed by atoms with E-state index in [1.54, 1.807) is 32.5 Å². The normalized spacial score (nSPS) is 13.7. The van der Waals surface area contributed by atoms with E-state index in [1.807, 2.05) is 27.9 Å². The van der Waals surface area contributed by atoms with Crippen molar-refractivity contribution in [3.05, 3.63) is 58.3 Å². The monoisotopic (exact) mass is 536 g/mol. The fraction of sp³-hybridized carbons (Fsp3) is 0.400. The minimum atomic E-state index is -0.297. The highest BCUT2D eigenvalue weighted by Crippen LogP contribution is 2.40. The van der Waals surface area contributed by atoms with Gasteiger partial charge in [0.1, 0.15) is 17.3 Å². The molecule has 0 unspecified atom stereocenters. The van der Waals surface area contributed by atoms with Gasteiger partial charge in [0.25, 0.3) is 0 Å². The fourth-order valence-corrected chi connectivity index (χ4v) is 5.97. The maximum absolute atomic E-state index is 15.3. The van der Waals surface area contributed by atoms with Crippen molar-refractivity contribution in [3.63, 3.8) is 0 Å². The molecule has 1 aliphatic rings. The molecule has 0 bridgehead atoms. The number of rotatable bonds is 11. The van der Waals surface area contributed by atoms with Gasteiger partial charge in [0.05, 0.1) is 36.4 Å². The molecule has 2 heterocycles. The van der Waals surface area contributed by atoms with Gasteiger partial charge in [0.2, 0.25) is 0 Å². The van der Waals surface area contributed by atoms with Crippen molar-refractivity contribution in [2.24, 2.45) is 5.92 Å². The second-order valence-corrected chi connectivity index (χ2v) is 11.1. The largest absolute Gasteiger partial charge is 0.497 e. The summed E-state index contributed by atoms with van der Waals surface area (Å²) in [5.74, 6) is 1.73. The Labute approximate surface area is 219 Å². The first-order valence-corrected chi connectivity index (χ1v) is 13.4. The third kappa shape index (κ3) is 6.33. The van der Waals surface area contributed by atoms with Crippen molar-refractivity contribution < 1.29 is 13.9 Å². The molecule has 4 rings (SSSR count). The van der Waals surface area contributed by atoms with Crippen LogP contribution in [-0.2, 0) is 6.54 Å². The van der Waals surface area contributed by atoms with Gasteiger partial charge in [-0.3, -0.25) is 4.31 Å². The van der Waals surface area contributed by atoms with Gasteiger partial charge in [0.15, 0.2) is 5.13 Å². The summed E-state index contributed by atoms with van der Waals surface area (Å²) in [7, 11) is 7.40. The van der Waals surface area contributed by atoms with E-state index in [1.165, 1.54) is 23.3 Å². The van der Waals surface area contributed by atoms with Gasteiger partial charge >= 0.3 is 0 Å². The van der Waals surface area contributed by atoms with Crippen LogP contribution in [0.15, 0.2) is 46.8 Å². The van der Waals surface area contributed by atoms with E-state index in [9.17, 15) is 0 Å². The summed E-state index contributed by atoms with van der Waals surface area (Å²) < 4.78 is 28.1. The van der Waals surface area contributed by atoms with E-state index in [-0.39, 0.29) is 5.82 Å². The van der Waals surface area contributed by atoms with Gasteiger partial charge in [-0.1, -0.05) is 11.6 Å². The van der Waals surface area contributed by atoms with Gasteiger partial charge in [-0.2, -0.15) is 0 Å². The lowest BCUT2D eigenvalue weighted by atomic mass is 9.95. The fourth-order valence-electron chi connectivity index (χ4n) is 3.95. The average molecular weight is 537 g/mol. The first kappa shape index (κ1) is 25.9. The van der Waals surface area contributed by atoms with Crippen LogP contribution in [0.5, 0.6) is 11.5 Å². The zero-order valence-electron chi connectivity index (χ0n) is 20.3. The lowest BCUT2D eigenvalue weighted by Gasteiger charge is -2.42. The number of thiazole rings is 1. The summed E-state index contributed by atoms with van der Waals surface area (Å²) in [5.41, 5.74) is 1.69. The van der Waals surface area contributed by atoms with E-state index in [4.69, 9.17) is 21.1 Å². The minimum Gasteiger partial charge on any atom is -0.497 e. The van der Waals surface area contributed by atoms with Crippen LogP contribution in [0.3, 0.4) is 0 Å². The Morgan fingerprint density at radius 2 is 2.00 bits per heavy atom. The molecule has 0 amide bonds. The number of methoxy groups -OCH3 is 2. The zero-order chi connectivity index (χ0) is 24.9. The van der Waals surface area contributed by atoms with Crippen LogP contribution >= 0.6 is 34.9 Å². The predicted molar refractivity (Wildman–Crippen MR) is 144 cm³/mol. The maximum atomic E-state index is 15.3. The van der Waals surface area contributed by atoms with E-state index in [0.717, 1.165) is 42.4 Å². The molecule has 0 N–H and O–H groups in total. The summed E-state index contributed by atoms with van der Waals surface area (Å²) in [5, 5.41) is 3.22. The van der Waals surface area contributed by atoms with Crippen LogP contribution < -0.4 is 18.7 Å². The van der Waals surface area contributed by atoms with Crippen molar-refractivity contribution in [1.82, 2.24) is 9.88 Å². The molecule has 35 heavy (non-hydrogen) atoms. The Balaban J connectivity index is 1.51. The molecule has 1 aliphatic heterocycles. The molecule has 3 aromatic rings. The van der Waals surface area contributed by atoms with Crippen LogP contribution in [0.2, 0.25) is 5.02 Å². The lowest BCUT2D eigenvalue weighted by Crippen LogP contribution is -2.47. The molecule has 0 atom stereocenters. The molecule has 10 heteroatoms. The maximum Gasteiger partial charge on any atom is 0.195 e. The predicted octanol–water partition coefficient (Wildman–Crippen LogP) is 6.05. The second-order valence-electron chi connectivity index (χ2n) is 8.72. The summed E-state index contributed by atoms with van der Waals surface area (Å²) in [4.78, 5) is 9.24. The van der Waals surface area contributed by atoms with Crippen molar-refractivity contribution >= 4 is 45.7 Å². The summed E-state index contributed by atoms with van der Waals surface area (Å²) in [6, 6.07) is 8.94. The first-order valence-electron chi connectivity index (χ1n) is 11.3. The van der Waals surface area contributed by atoms with Gasteiger partial charge in [-0.25, -0.2) is 9.37 Å². The third-order valence-electron chi connectivity index (χ3n) is 5.93. The number of nitrogens with zero attached hydrogens (tertiary/aromatic N) is 4. The molecule has 0 aliphatic carbocycles. The number of ether oxygens (including phenoxy) is 2. The zero-order valence-corrected chi connectivity index (χ0v) is 22.7. The Morgan fingerprint density at radius 3 is 2.66 bits per heavy atom. The van der Waals surface area contributed by atoms with Crippen LogP contribution in [-0.4, -0.2) is 57.8 Å². The van der Waals surface area contributed by atoms with Crippen molar-refractivity contribution in [2.75, 3.05) is 57.2 Å². The van der Waals surface area contributed by atoms with Crippen LogP contribution in [0, 0.1) is 11.7 Å². The van der Waals surface area contributed by atoms with Gasteiger partial charge in [-0.15, -0.1) is 11.3 Å². The molecule has 1 saturated heterocycles. The average Bonchev–Trinajstić information content (AvgIpc) is 3.35. The Morgan fingerprint density at radius 1 is 1.20 bits per heavy atom. The van der Waals surface area contributed by atoms with E-state index in [2.05, 4.69) is 28.9 Å². The number of anilines is 2. The molecule has 1 aromatic heterocycles. The highest BCUT2D eigenvalue weighted by atomic mass is 35.5. The van der Waals surface area contributed by atoms with Crippen molar-refractivity contribution in [3.8, 4) is 11.5 Å². The van der Waals surface area contributed by atoms with Crippen molar-refractivity contribution in [2.45, 2.75) is 17.9 Å². The summed E-state index contributed by atoms with van der Waals surface area (Å²) >= 11 is 9.41. The van der Waals surface area contributed by atoms with Gasteiger partial charge in [0, 0.05) is 36.3 Å². The van der Waals surface area contributed by atoms with Crippen LogP contribution in [0.4, 0.5) is 15.2 Å². The van der Waals surface area contributed by atoms with Crippen LogP contribution in [0.25, 0.3) is 0 Å². The lowest BCUT2D eigenvalue weighted by molar-refractivity contribution is 0.312. The number of aromatic nitrogens is 1. The van der Waals surface area contributed by atoms with E-state index < -0.39 is 0 Å². The Hall–Kier alpha value is -2.20. The summed E-state index contributed by atoms with van der Waals surface area (Å²) in [6.45, 7) is 3.33. The molecular formula is C25H30ClFN4O2S2. The topological polar surface area (TPSA) is 41.1 Å². The number of hydrogen-bond donors (Lipinski definition) is 0. The van der Waals surface area contributed by atoms with Crippen molar-refractivity contribution in [1.29, 1.82) is 0 Å². The highest BCUT2D eigenvalue weighted by Gasteiger charge is 2.29.